The molecule has 2 aliphatic heterocycles. The molecule has 4 amide bonds. The fraction of sp³-hybridized carbons (Fsp3) is 0.524. The van der Waals surface area contributed by atoms with Crippen molar-refractivity contribution in [3.8, 4) is 28.6 Å². The minimum Gasteiger partial charge on any atom is -0.508 e. The number of piperazine rings is 1. The van der Waals surface area contributed by atoms with Crippen LogP contribution in [0.5, 0.6) is 11.5 Å². The highest BCUT2D eigenvalue weighted by atomic mass is 32.1. The van der Waals surface area contributed by atoms with Crippen LogP contribution in [-0.4, -0.2) is 179 Å². The van der Waals surface area contributed by atoms with Gasteiger partial charge in [-0.05, 0) is 234 Å². The third kappa shape index (κ3) is 28.5. The number of nitrogens with zero attached hydrogens (tertiary/aromatic N) is 9. The predicted octanol–water partition coefficient (Wildman–Crippen LogP) is 18.8. The summed E-state index contributed by atoms with van der Waals surface area (Å²) < 4.78 is 73.2. The number of halogens is 4. The van der Waals surface area contributed by atoms with Crippen LogP contribution >= 0.6 is 0 Å². The van der Waals surface area contributed by atoms with E-state index in [-0.39, 0.29) is 130 Å². The number of aromatic nitrogens is 4. The van der Waals surface area contributed by atoms with E-state index in [1.54, 1.807) is 44.1 Å². The van der Waals surface area contributed by atoms with E-state index in [9.17, 15) is 70.9 Å². The zero-order valence-electron chi connectivity index (χ0n) is 82.6. The van der Waals surface area contributed by atoms with E-state index in [0.29, 0.717) is 92.3 Å². The summed E-state index contributed by atoms with van der Waals surface area (Å²) in [5.74, 6) is -2.72. The molecule has 6 aliphatic carbocycles. The third-order valence-electron chi connectivity index (χ3n) is 26.8. The Hall–Kier alpha value is -11.5. The summed E-state index contributed by atoms with van der Waals surface area (Å²) >= 11 is 8.04. The highest BCUT2D eigenvalue weighted by Crippen LogP contribution is 2.46. The molecule has 1 atom stereocenters. The average molecular weight is 1960 g/mol. The Morgan fingerprint density at radius 2 is 1.04 bits per heavy atom. The van der Waals surface area contributed by atoms with Crippen LogP contribution in [0.4, 0.5) is 34.6 Å². The fourth-order valence-electron chi connectivity index (χ4n) is 19.6. The molecule has 5 heterocycles. The van der Waals surface area contributed by atoms with Gasteiger partial charge in [0.15, 0.2) is 28.8 Å². The number of anilines is 3. The molecule has 0 spiro atoms. The topological polar surface area (TPSA) is 400 Å². The van der Waals surface area contributed by atoms with Gasteiger partial charge >= 0.3 is 12.1 Å². The summed E-state index contributed by atoms with van der Waals surface area (Å²) in [6.45, 7) is 33.1. The van der Waals surface area contributed by atoms with Gasteiger partial charge in [-0.25, -0.2) is 17.8 Å². The summed E-state index contributed by atoms with van der Waals surface area (Å²) in [6, 6.07) is 23.3. The lowest BCUT2D eigenvalue weighted by atomic mass is 9.75. The number of ketones is 4. The van der Waals surface area contributed by atoms with E-state index in [2.05, 4.69) is 135 Å². The monoisotopic (exact) mass is 1960 g/mol. The number of nitrogens with one attached hydrogen (secondary N) is 3. The maximum Gasteiger partial charge on any atom is 0.435 e. The molecule has 5 aromatic carbocycles. The number of carbonyl (C=O) groups excluding carboxylic acids is 9. The number of phenolic OH excluding ortho intramolecular Hbond substituents is 2. The number of fused-ring (bicyclic) bond motifs is 4. The molecule has 139 heavy (non-hydrogen) atoms. The lowest BCUT2D eigenvalue weighted by Crippen LogP contribution is -2.43. The summed E-state index contributed by atoms with van der Waals surface area (Å²) in [5.41, 5.74) is 28.7. The highest BCUT2D eigenvalue weighted by molar-refractivity contribution is 7.47. The van der Waals surface area contributed by atoms with Crippen molar-refractivity contribution in [1.29, 1.82) is 0 Å². The van der Waals surface area contributed by atoms with Gasteiger partial charge < -0.3 is 72.1 Å². The van der Waals surface area contributed by atoms with E-state index in [1.807, 2.05) is 70.5 Å². The summed E-state index contributed by atoms with van der Waals surface area (Å²) in [4.78, 5) is 116. The standard InChI is InChI=1S/C26H31F3N4O4.C25H33N3O2.C24H31N3O3.C23H28FN3O2.C4H8O2.2CH3NS.CH4/c1-4-21(35)37-16-8-5-14(6-9-16)31-18-11-15(7-10-17(18)24(30)36)33-19-12-25(2,3)13-20(34)22(19)23(32-33)26(27,28)29;1-15-5-7-17(8-6-15)27-20-11-18(9-10-19(20)24(26)30)28-14-16(2)23-21(28)12-25(3,4)13-22(23)29;1-16(2)20-11-21(23(29)12-22(20)28)24(30)27-14-18-5-4-17(10-19(18)15-27)13-26-8-6-25(3)7-9-26;1-13-12-27(18-10-23(2,3)11-19(28)20(13)18)15-8-16(24)21(22(25)29)17(9-15)26-14-6-4-5-7-14;1-3(5)4(2)6;2*1-2-3;/h7,10-11,14,16,31H,4-6,8-9,12-13H2,1-3H3,(H2,30,36);9-11,14-15,17,27H,5-8,12-13H2,1-4H3,(H2,26,30);4-5,10-12,16,28-29H,6-9,13-15H2,1-3H3;8-9,12,14,26H,4-7,10-11H2,1-3H3,(H2,25,29);3,5H,1-2H3;2*1H3;1H4/t;;;;3-;;;/m....0.../s1. The van der Waals surface area contributed by atoms with Crippen molar-refractivity contribution >= 4 is 94.6 Å². The van der Waals surface area contributed by atoms with Crippen LogP contribution in [-0.2, 0) is 84.2 Å². The molecule has 8 aliphatic rings. The van der Waals surface area contributed by atoms with Crippen molar-refractivity contribution in [1.82, 2.24) is 33.6 Å². The van der Waals surface area contributed by atoms with Crippen molar-refractivity contribution in [2.75, 3.05) is 63.3 Å². The number of carbonyl (C=O) groups is 9. The number of aliphatic hydroxyl groups is 1. The predicted molar refractivity (Wildman–Crippen MR) is 539 cm³/mol. The minimum absolute atomic E-state index is 0. The van der Waals surface area contributed by atoms with Crippen molar-refractivity contribution in [3.63, 3.8) is 0 Å². The molecule has 0 radical (unpaired) electrons. The van der Waals surface area contributed by atoms with Gasteiger partial charge in [-0.1, -0.05) is 108 Å². The van der Waals surface area contributed by atoms with Gasteiger partial charge in [0, 0.05) is 187 Å². The van der Waals surface area contributed by atoms with Crippen LogP contribution in [0.15, 0.2) is 100.0 Å². The number of rotatable bonds is 19. The van der Waals surface area contributed by atoms with Crippen LogP contribution in [0.3, 0.4) is 0 Å². The first-order chi connectivity index (χ1) is 64.9. The third-order valence-corrected chi connectivity index (χ3v) is 26.8. The molecule has 12 N–H and O–H groups in total. The molecule has 0 unspecified atom stereocenters. The largest absolute Gasteiger partial charge is 0.508 e. The number of primary amides is 3. The number of alkyl halides is 3. The second-order valence-electron chi connectivity index (χ2n) is 40.6. The zero-order valence-corrected chi connectivity index (χ0v) is 84.2. The van der Waals surface area contributed by atoms with Gasteiger partial charge in [-0.15, -0.1) is 0 Å². The maximum absolute atomic E-state index is 15.0. The smallest absolute Gasteiger partial charge is 0.435 e. The van der Waals surface area contributed by atoms with Crippen LogP contribution in [0.25, 0.3) is 17.1 Å². The molecule has 754 valence electrons. The Kier molecular flexibility index (Phi) is 38.1. The van der Waals surface area contributed by atoms with E-state index >= 15 is 0 Å². The van der Waals surface area contributed by atoms with Gasteiger partial charge in [0.05, 0.1) is 50.6 Å². The molecule has 8 aromatic rings. The first-order valence-corrected chi connectivity index (χ1v) is 48.3. The lowest BCUT2D eigenvalue weighted by Gasteiger charge is -2.32. The number of esters is 1. The number of likely N-dealkylation sites (N-methyl/N-ethyl adjacent to an activating group) is 1. The lowest BCUT2D eigenvalue weighted by molar-refractivity contribution is -0.150. The van der Waals surface area contributed by atoms with Gasteiger partial charge in [0.2, 0.25) is 0 Å². The molecule has 4 fully saturated rings. The second kappa shape index (κ2) is 47.7. The summed E-state index contributed by atoms with van der Waals surface area (Å²) in [6.07, 6.45) is 12.9. The molecular formula is C105H141F4N15O13S2. The molecular weight excluding hydrogens is 1820 g/mol. The number of benzene rings is 5. The first kappa shape index (κ1) is 111. The van der Waals surface area contributed by atoms with Crippen LogP contribution in [0, 0.1) is 41.8 Å². The number of hydrogen-bond acceptors (Lipinski definition) is 23. The van der Waals surface area contributed by atoms with E-state index in [1.165, 1.54) is 62.1 Å². The average Bonchev–Trinajstić information content (AvgIpc) is 1.58. The molecule has 3 aromatic heterocycles. The van der Waals surface area contributed by atoms with Crippen molar-refractivity contribution < 1.29 is 80.8 Å². The Morgan fingerprint density at radius 3 is 1.52 bits per heavy atom. The van der Waals surface area contributed by atoms with Gasteiger partial charge in [-0.2, -0.15) is 18.3 Å². The number of amides is 4. The van der Waals surface area contributed by atoms with Crippen LogP contribution in [0.2, 0.25) is 0 Å². The Morgan fingerprint density at radius 1 is 0.583 bits per heavy atom. The zero-order chi connectivity index (χ0) is 102. The molecule has 16 rings (SSSR count). The second-order valence-corrected chi connectivity index (χ2v) is 41.3. The first-order valence-electron chi connectivity index (χ1n) is 47.6. The number of aryl methyl sites for hydroxylation is 2. The fourth-order valence-corrected chi connectivity index (χ4v) is 19.6. The maximum atomic E-state index is 15.0. The molecule has 0 bridgehead atoms. The van der Waals surface area contributed by atoms with Gasteiger partial charge in [0.25, 0.3) is 23.6 Å². The number of hydrogen-bond donors (Lipinski definition) is 9. The minimum atomic E-state index is -4.79. The van der Waals surface area contributed by atoms with Crippen LogP contribution < -0.4 is 33.2 Å². The number of Topliss-reactive ketones (excluding diaryl/α,β-unsaturated/α-hetero) is 4. The number of nitrogens with two attached hydrogens (primary N) is 3. The van der Waals surface area contributed by atoms with E-state index < -0.39 is 52.7 Å². The Bertz CT molecular complexity index is 5820. The van der Waals surface area contributed by atoms with E-state index in [0.717, 1.165) is 145 Å². The van der Waals surface area contributed by atoms with Crippen molar-refractivity contribution in [2.24, 2.45) is 48.1 Å². The highest BCUT2D eigenvalue weighted by Gasteiger charge is 2.47. The van der Waals surface area contributed by atoms with Gasteiger partial charge in [0.1, 0.15) is 29.5 Å². The Balaban J connectivity index is 0.000000199. The number of aliphatic hydroxyl groups excluding tert-OH is 1. The molecule has 3 saturated carbocycles. The van der Waals surface area contributed by atoms with Crippen LogP contribution in [0.1, 0.15) is 328 Å². The SMILES string of the molecule is C.CC(=O)[C@H](C)O.CC(C)c1cc(C(=O)N2Cc3ccc(CN4CCN(C)CC4)cc3C2)c(O)cc1O.CCC(=O)OC1CCC(Nc2cc(-n3nc(C(F)(F)F)c4c3CC(C)(C)CC4=O)ccc2C(N)=O)CC1.CN=S.CN=S.Cc1cn(-c2cc(F)c(C(N)=O)c(NC3CCCC3)c2)c2c1C(=O)CC(C)(C)C2.Cc1cn(-c2ccc(C(N)=O)c(NC3CCC(C)CC3)c2)c2c1C(=O)CC(C)(C)C2. The number of phenols is 2. The van der Waals surface area contributed by atoms with Crippen molar-refractivity contribution in [3.05, 3.63) is 192 Å². The van der Waals surface area contributed by atoms with E-state index in [4.69, 9.17) is 27.0 Å². The normalized spacial score (nSPS) is 19.1. The quantitative estimate of drug-likeness (QED) is 0.0268. The number of aromatic hydroxyl groups is 2. The summed E-state index contributed by atoms with van der Waals surface area (Å²) in [7, 11) is 5.29. The number of ether oxygens (including phenoxy) is 1. The molecule has 1 saturated heterocycles. The van der Waals surface area contributed by atoms with Crippen molar-refractivity contribution in [2.45, 2.75) is 288 Å². The van der Waals surface area contributed by atoms with Gasteiger partial charge in [-0.3, -0.25) is 48.1 Å². The Labute approximate surface area is 824 Å². The molecule has 34 heteroatoms. The molecule has 28 nitrogen and oxygen atoms in total. The summed E-state index contributed by atoms with van der Waals surface area (Å²) in [5, 5.41) is 42.7.